The molecule has 1 saturated heterocycles. The van der Waals surface area contributed by atoms with Crippen LogP contribution in [0, 0.1) is 0 Å². The Labute approximate surface area is 106 Å². The van der Waals surface area contributed by atoms with Crippen LogP contribution in [-0.2, 0) is 0 Å². The van der Waals surface area contributed by atoms with Gasteiger partial charge in [-0.2, -0.15) is 0 Å². The highest BCUT2D eigenvalue weighted by Gasteiger charge is 2.35. The molecule has 0 bridgehead atoms. The van der Waals surface area contributed by atoms with Crippen molar-refractivity contribution in [3.63, 3.8) is 0 Å². The molecule has 1 aliphatic heterocycles. The van der Waals surface area contributed by atoms with Gasteiger partial charge in [0.1, 0.15) is 0 Å². The first-order valence-corrected chi connectivity index (χ1v) is 6.44. The van der Waals surface area contributed by atoms with Crippen molar-refractivity contribution in [2.75, 3.05) is 40.3 Å². The third-order valence-corrected chi connectivity index (χ3v) is 4.21. The van der Waals surface area contributed by atoms with Crippen LogP contribution >= 0.6 is 0 Å². The van der Waals surface area contributed by atoms with Gasteiger partial charge >= 0.3 is 0 Å². The fourth-order valence-electron chi connectivity index (χ4n) is 2.40. The van der Waals surface area contributed by atoms with Crippen molar-refractivity contribution < 1.29 is 0 Å². The molecule has 1 heterocycles. The molecule has 3 nitrogen and oxygen atoms in total. The Morgan fingerprint density at radius 1 is 1.35 bits per heavy atom. The van der Waals surface area contributed by atoms with Crippen molar-refractivity contribution in [2.45, 2.75) is 25.8 Å². The summed E-state index contributed by atoms with van der Waals surface area (Å²) in [5, 5.41) is 0. The summed E-state index contributed by atoms with van der Waals surface area (Å²) in [6.07, 6.45) is 2.92. The Hall–Kier alpha value is -0.800. The highest BCUT2D eigenvalue weighted by atomic mass is 15.3. The molecule has 1 atom stereocenters. The number of nitrogens with zero attached hydrogens (tertiary/aromatic N) is 3. The molecule has 1 fully saturated rings. The molecule has 0 N–H and O–H groups in total. The quantitative estimate of drug-likeness (QED) is 0.724. The number of hydrogen-bond acceptors (Lipinski definition) is 3. The Morgan fingerprint density at radius 2 is 1.88 bits per heavy atom. The van der Waals surface area contributed by atoms with Gasteiger partial charge in [0.25, 0.3) is 0 Å². The topological polar surface area (TPSA) is 9.72 Å². The van der Waals surface area contributed by atoms with Crippen LogP contribution in [0.5, 0.6) is 0 Å². The van der Waals surface area contributed by atoms with Gasteiger partial charge in [-0.25, -0.2) is 0 Å². The lowest BCUT2D eigenvalue weighted by molar-refractivity contribution is 0.0588. The monoisotopic (exact) mass is 237 g/mol. The van der Waals surface area contributed by atoms with Gasteiger partial charge in [0.05, 0.1) is 5.54 Å². The molecule has 0 aliphatic carbocycles. The first kappa shape index (κ1) is 14.3. The van der Waals surface area contributed by atoms with E-state index in [2.05, 4.69) is 43.9 Å². The molecule has 0 spiro atoms. The molecule has 0 amide bonds. The summed E-state index contributed by atoms with van der Waals surface area (Å²) in [5.74, 6) is 0. The Balaban J connectivity index is 2.80. The van der Waals surface area contributed by atoms with Gasteiger partial charge in [0.15, 0.2) is 0 Å². The van der Waals surface area contributed by atoms with E-state index < -0.39 is 0 Å². The summed E-state index contributed by atoms with van der Waals surface area (Å²) < 4.78 is 0. The normalized spacial score (nSPS) is 21.9. The summed E-state index contributed by atoms with van der Waals surface area (Å²) >= 11 is 0. The van der Waals surface area contributed by atoms with Crippen LogP contribution in [0.2, 0.25) is 0 Å². The second-order valence-corrected chi connectivity index (χ2v) is 5.16. The van der Waals surface area contributed by atoms with Crippen LogP contribution in [0.25, 0.3) is 0 Å². The summed E-state index contributed by atoms with van der Waals surface area (Å²) in [4.78, 5) is 6.98. The van der Waals surface area contributed by atoms with Crippen molar-refractivity contribution in [2.24, 2.45) is 0 Å². The summed E-state index contributed by atoms with van der Waals surface area (Å²) in [6, 6.07) is 0. The molecule has 1 rings (SSSR count). The smallest absolute Gasteiger partial charge is 0.0576 e. The van der Waals surface area contributed by atoms with Gasteiger partial charge < -0.3 is 9.80 Å². The SMILES string of the molecule is C=CN(C)C(=C)C(C)(CC)N1CCN(C)CC1. The van der Waals surface area contributed by atoms with E-state index in [1.807, 2.05) is 18.1 Å². The molecule has 0 saturated carbocycles. The highest BCUT2D eigenvalue weighted by Crippen LogP contribution is 2.29. The van der Waals surface area contributed by atoms with Crippen LogP contribution < -0.4 is 0 Å². The Kier molecular flexibility index (Phi) is 4.78. The summed E-state index contributed by atoms with van der Waals surface area (Å²) in [6.45, 7) is 17.1. The molecule has 17 heavy (non-hydrogen) atoms. The van der Waals surface area contributed by atoms with E-state index in [1.54, 1.807) is 0 Å². The zero-order chi connectivity index (χ0) is 13.1. The molecule has 1 unspecified atom stereocenters. The maximum atomic E-state index is 4.26. The fraction of sp³-hybridized carbons (Fsp3) is 0.714. The Morgan fingerprint density at radius 3 is 2.29 bits per heavy atom. The van der Waals surface area contributed by atoms with Crippen LogP contribution in [0.4, 0.5) is 0 Å². The lowest BCUT2D eigenvalue weighted by Gasteiger charge is -2.47. The molecule has 0 aromatic carbocycles. The molecule has 3 heteroatoms. The summed E-state index contributed by atoms with van der Waals surface area (Å²) in [5.41, 5.74) is 1.18. The lowest BCUT2D eigenvalue weighted by Crippen LogP contribution is -2.57. The average molecular weight is 237 g/mol. The van der Waals surface area contributed by atoms with Crippen molar-refractivity contribution in [1.29, 1.82) is 0 Å². The minimum Gasteiger partial charge on any atom is -0.354 e. The fourth-order valence-corrected chi connectivity index (χ4v) is 2.40. The zero-order valence-electron chi connectivity index (χ0n) is 11.9. The molecular formula is C14H27N3. The lowest BCUT2D eigenvalue weighted by atomic mass is 9.91. The largest absolute Gasteiger partial charge is 0.354 e. The molecule has 0 aromatic heterocycles. The maximum Gasteiger partial charge on any atom is 0.0576 e. The van der Waals surface area contributed by atoms with Crippen molar-refractivity contribution >= 4 is 0 Å². The van der Waals surface area contributed by atoms with Crippen molar-refractivity contribution in [3.05, 3.63) is 25.1 Å². The predicted molar refractivity (Wildman–Crippen MR) is 74.9 cm³/mol. The molecular weight excluding hydrogens is 210 g/mol. The van der Waals surface area contributed by atoms with E-state index in [4.69, 9.17) is 0 Å². The predicted octanol–water partition coefficient (Wildman–Crippen LogP) is 1.99. The average Bonchev–Trinajstić information content (AvgIpc) is 2.36. The van der Waals surface area contributed by atoms with Gasteiger partial charge in [-0.3, -0.25) is 4.90 Å². The first-order chi connectivity index (χ1) is 7.95. The van der Waals surface area contributed by atoms with E-state index in [0.717, 1.165) is 38.3 Å². The van der Waals surface area contributed by atoms with E-state index in [9.17, 15) is 0 Å². The van der Waals surface area contributed by atoms with E-state index >= 15 is 0 Å². The van der Waals surface area contributed by atoms with Gasteiger partial charge in [-0.1, -0.05) is 20.1 Å². The van der Waals surface area contributed by atoms with Gasteiger partial charge in [0.2, 0.25) is 0 Å². The van der Waals surface area contributed by atoms with Crippen LogP contribution in [0.15, 0.2) is 25.1 Å². The van der Waals surface area contributed by atoms with E-state index in [1.165, 1.54) is 0 Å². The van der Waals surface area contributed by atoms with Crippen molar-refractivity contribution in [3.8, 4) is 0 Å². The Bertz CT molecular complexity index is 279. The minimum absolute atomic E-state index is 0.0458. The number of likely N-dealkylation sites (N-methyl/N-ethyl adjacent to an activating group) is 2. The second-order valence-electron chi connectivity index (χ2n) is 5.16. The first-order valence-electron chi connectivity index (χ1n) is 6.44. The van der Waals surface area contributed by atoms with Gasteiger partial charge in [-0.15, -0.1) is 0 Å². The van der Waals surface area contributed by atoms with Gasteiger partial charge in [0, 0.05) is 38.9 Å². The second kappa shape index (κ2) is 5.69. The van der Waals surface area contributed by atoms with E-state index in [0.29, 0.717) is 0 Å². The van der Waals surface area contributed by atoms with Crippen LogP contribution in [-0.4, -0.2) is 60.5 Å². The van der Waals surface area contributed by atoms with Crippen molar-refractivity contribution in [1.82, 2.24) is 14.7 Å². The van der Waals surface area contributed by atoms with Crippen LogP contribution in [0.3, 0.4) is 0 Å². The molecule has 0 aromatic rings. The molecule has 1 aliphatic rings. The third-order valence-electron chi connectivity index (χ3n) is 4.21. The number of piperazine rings is 1. The number of hydrogen-bond donors (Lipinski definition) is 0. The maximum absolute atomic E-state index is 4.26. The summed E-state index contributed by atoms with van der Waals surface area (Å²) in [7, 11) is 4.21. The molecule has 0 radical (unpaired) electrons. The minimum atomic E-state index is 0.0458. The zero-order valence-corrected chi connectivity index (χ0v) is 11.9. The third kappa shape index (κ3) is 2.90. The number of rotatable bonds is 5. The van der Waals surface area contributed by atoms with Gasteiger partial charge in [-0.05, 0) is 26.6 Å². The van der Waals surface area contributed by atoms with E-state index in [-0.39, 0.29) is 5.54 Å². The molecule has 98 valence electrons. The highest BCUT2D eigenvalue weighted by molar-refractivity contribution is 5.16. The standard InChI is InChI=1S/C14H27N3/c1-7-14(4,13(3)16(6)8-2)17-11-9-15(5)10-12-17/h8H,2-3,7,9-12H2,1,4-6H3. The van der Waals surface area contributed by atoms with Crippen LogP contribution in [0.1, 0.15) is 20.3 Å².